The molecule has 5 nitrogen and oxygen atoms in total. The number of carbonyl (C=O) groups is 1. The lowest BCUT2D eigenvalue weighted by Gasteiger charge is -2.11. The quantitative estimate of drug-likeness (QED) is 0.910. The van der Waals surface area contributed by atoms with Crippen LogP contribution in [0.1, 0.15) is 28.5 Å². The molecule has 0 fully saturated rings. The molecule has 0 saturated carbocycles. The van der Waals surface area contributed by atoms with E-state index in [0.717, 1.165) is 5.75 Å². The highest BCUT2D eigenvalue weighted by molar-refractivity contribution is 5.92. The number of benzene rings is 1. The van der Waals surface area contributed by atoms with Crippen molar-refractivity contribution in [3.63, 3.8) is 0 Å². The van der Waals surface area contributed by atoms with Crippen LogP contribution >= 0.6 is 0 Å². The summed E-state index contributed by atoms with van der Waals surface area (Å²) in [6, 6.07) is 8.68. The summed E-state index contributed by atoms with van der Waals surface area (Å²) in [4.78, 5) is 15.5. The Morgan fingerprint density at radius 1 is 1.19 bits per heavy atom. The van der Waals surface area contributed by atoms with Crippen molar-refractivity contribution in [1.82, 2.24) is 4.98 Å². The van der Waals surface area contributed by atoms with E-state index >= 15 is 0 Å². The molecule has 0 unspecified atom stereocenters. The number of hydrogen-bond acceptors (Lipinski definition) is 4. The van der Waals surface area contributed by atoms with E-state index in [1.807, 2.05) is 6.92 Å². The second kappa shape index (κ2) is 6.26. The van der Waals surface area contributed by atoms with Crippen molar-refractivity contribution in [3.8, 4) is 17.4 Å². The fourth-order valence-corrected chi connectivity index (χ4v) is 2.02. The summed E-state index contributed by atoms with van der Waals surface area (Å²) in [5, 5.41) is 9.29. The number of ether oxygens (including phenoxy) is 2. The van der Waals surface area contributed by atoms with Crippen molar-refractivity contribution in [2.24, 2.45) is 0 Å². The van der Waals surface area contributed by atoms with Gasteiger partial charge in [0.05, 0.1) is 6.61 Å². The molecule has 2 aromatic rings. The zero-order chi connectivity index (χ0) is 15.4. The maximum absolute atomic E-state index is 11.3. The van der Waals surface area contributed by atoms with E-state index in [9.17, 15) is 9.90 Å². The lowest BCUT2D eigenvalue weighted by Crippen LogP contribution is -2.06. The van der Waals surface area contributed by atoms with Gasteiger partial charge in [0, 0.05) is 5.69 Å². The third-order valence-corrected chi connectivity index (χ3v) is 2.87. The molecule has 0 aliphatic rings. The van der Waals surface area contributed by atoms with E-state index in [-0.39, 0.29) is 11.4 Å². The normalized spacial score (nSPS) is 10.2. The topological polar surface area (TPSA) is 68.7 Å². The molecule has 0 radical (unpaired) electrons. The van der Waals surface area contributed by atoms with Crippen LogP contribution in [0.15, 0.2) is 30.3 Å². The molecular formula is C16H17NO4. The Morgan fingerprint density at radius 2 is 1.81 bits per heavy atom. The number of pyridine rings is 1. The Hall–Kier alpha value is -2.56. The predicted octanol–water partition coefficient (Wildman–Crippen LogP) is 3.59. The predicted molar refractivity (Wildman–Crippen MR) is 78.4 cm³/mol. The molecule has 21 heavy (non-hydrogen) atoms. The van der Waals surface area contributed by atoms with Gasteiger partial charge in [0.15, 0.2) is 0 Å². The van der Waals surface area contributed by atoms with Gasteiger partial charge in [-0.25, -0.2) is 9.78 Å². The van der Waals surface area contributed by atoms with Crippen LogP contribution in [0.4, 0.5) is 0 Å². The summed E-state index contributed by atoms with van der Waals surface area (Å²) in [7, 11) is 0. The van der Waals surface area contributed by atoms with Gasteiger partial charge < -0.3 is 14.6 Å². The van der Waals surface area contributed by atoms with Gasteiger partial charge in [-0.15, -0.1) is 0 Å². The fourth-order valence-electron chi connectivity index (χ4n) is 2.02. The van der Waals surface area contributed by atoms with Crippen molar-refractivity contribution in [1.29, 1.82) is 0 Å². The first-order chi connectivity index (χ1) is 10.0. The number of hydrogen-bond donors (Lipinski definition) is 1. The number of rotatable bonds is 5. The summed E-state index contributed by atoms with van der Waals surface area (Å²) in [5.41, 5.74) is 1.41. The monoisotopic (exact) mass is 287 g/mol. The van der Waals surface area contributed by atoms with E-state index in [2.05, 4.69) is 4.98 Å². The largest absolute Gasteiger partial charge is 0.494 e. The first-order valence-electron chi connectivity index (χ1n) is 6.63. The second-order valence-electron chi connectivity index (χ2n) is 4.57. The second-order valence-corrected chi connectivity index (χ2v) is 4.57. The molecule has 5 heteroatoms. The van der Waals surface area contributed by atoms with Gasteiger partial charge in [-0.3, -0.25) is 0 Å². The number of aryl methyl sites for hydroxylation is 2. The molecule has 0 bridgehead atoms. The molecule has 0 saturated heterocycles. The van der Waals surface area contributed by atoms with Crippen LogP contribution in [-0.2, 0) is 0 Å². The molecule has 2 rings (SSSR count). The minimum Gasteiger partial charge on any atom is -0.494 e. The third kappa shape index (κ3) is 3.51. The lowest BCUT2D eigenvalue weighted by atomic mass is 10.1. The molecule has 1 heterocycles. The van der Waals surface area contributed by atoms with Gasteiger partial charge in [0.25, 0.3) is 0 Å². The number of nitrogens with zero attached hydrogens (tertiary/aromatic N) is 1. The minimum atomic E-state index is -1.05. The highest BCUT2D eigenvalue weighted by atomic mass is 16.5. The maximum atomic E-state index is 11.3. The number of aromatic carboxylic acids is 1. The fraction of sp³-hybridized carbons (Fsp3) is 0.250. The van der Waals surface area contributed by atoms with Crippen LogP contribution in [-0.4, -0.2) is 22.7 Å². The third-order valence-electron chi connectivity index (χ3n) is 2.87. The SMILES string of the molecule is CCOc1ccc(Oc2nc(C)cc(C)c2C(=O)O)cc1. The highest BCUT2D eigenvalue weighted by Crippen LogP contribution is 2.27. The average Bonchev–Trinajstić information content (AvgIpc) is 2.40. The number of carboxylic acid groups (broad SMARTS) is 1. The van der Waals surface area contributed by atoms with Gasteiger partial charge in [0.1, 0.15) is 17.1 Å². The van der Waals surface area contributed by atoms with Gasteiger partial charge in [-0.2, -0.15) is 0 Å². The summed E-state index contributed by atoms with van der Waals surface area (Å²) in [6.07, 6.45) is 0. The molecular weight excluding hydrogens is 270 g/mol. The number of aromatic nitrogens is 1. The maximum Gasteiger partial charge on any atom is 0.341 e. The van der Waals surface area contributed by atoms with Gasteiger partial charge in [-0.1, -0.05) is 0 Å². The molecule has 0 aliphatic carbocycles. The van der Waals surface area contributed by atoms with Crippen molar-refractivity contribution < 1.29 is 19.4 Å². The van der Waals surface area contributed by atoms with Gasteiger partial charge >= 0.3 is 5.97 Å². The first kappa shape index (κ1) is 14.8. The zero-order valence-electron chi connectivity index (χ0n) is 12.2. The molecule has 110 valence electrons. The van der Waals surface area contributed by atoms with Crippen molar-refractivity contribution >= 4 is 5.97 Å². The van der Waals surface area contributed by atoms with Crippen molar-refractivity contribution in [2.45, 2.75) is 20.8 Å². The molecule has 1 aromatic heterocycles. The molecule has 0 amide bonds. The molecule has 1 N–H and O–H groups in total. The molecule has 0 spiro atoms. The lowest BCUT2D eigenvalue weighted by molar-refractivity contribution is 0.0692. The Labute approximate surface area is 123 Å². The molecule has 1 aromatic carbocycles. The van der Waals surface area contributed by atoms with Crippen LogP contribution in [0.2, 0.25) is 0 Å². The Morgan fingerprint density at radius 3 is 2.38 bits per heavy atom. The van der Waals surface area contributed by atoms with E-state index in [0.29, 0.717) is 23.6 Å². The van der Waals surface area contributed by atoms with Crippen LogP contribution in [0.25, 0.3) is 0 Å². The average molecular weight is 287 g/mol. The van der Waals surface area contributed by atoms with Crippen LogP contribution in [0, 0.1) is 13.8 Å². The Bertz CT molecular complexity index is 650. The van der Waals surface area contributed by atoms with Crippen LogP contribution < -0.4 is 9.47 Å². The summed E-state index contributed by atoms with van der Waals surface area (Å²) in [5.74, 6) is 0.292. The summed E-state index contributed by atoms with van der Waals surface area (Å²) in [6.45, 7) is 6.01. The standard InChI is InChI=1S/C16H17NO4/c1-4-20-12-5-7-13(8-6-12)21-15-14(16(18)19)10(2)9-11(3)17-15/h5-9H,4H2,1-3H3,(H,18,19). The van der Waals surface area contributed by atoms with E-state index in [4.69, 9.17) is 9.47 Å². The molecule has 0 atom stereocenters. The molecule has 0 aliphatic heterocycles. The van der Waals surface area contributed by atoms with Gasteiger partial charge in [-0.05, 0) is 56.7 Å². The van der Waals surface area contributed by atoms with E-state index in [1.54, 1.807) is 44.2 Å². The van der Waals surface area contributed by atoms with Crippen LogP contribution in [0.3, 0.4) is 0 Å². The minimum absolute atomic E-state index is 0.0782. The Balaban J connectivity index is 2.32. The van der Waals surface area contributed by atoms with Crippen LogP contribution in [0.5, 0.6) is 17.4 Å². The van der Waals surface area contributed by atoms with Crippen molar-refractivity contribution in [3.05, 3.63) is 47.2 Å². The van der Waals surface area contributed by atoms with Gasteiger partial charge in [0.2, 0.25) is 5.88 Å². The van der Waals surface area contributed by atoms with E-state index < -0.39 is 5.97 Å². The van der Waals surface area contributed by atoms with Crippen molar-refractivity contribution in [2.75, 3.05) is 6.61 Å². The van der Waals surface area contributed by atoms with E-state index in [1.165, 1.54) is 0 Å². The number of carboxylic acids is 1. The zero-order valence-corrected chi connectivity index (χ0v) is 12.2. The first-order valence-corrected chi connectivity index (χ1v) is 6.63. The highest BCUT2D eigenvalue weighted by Gasteiger charge is 2.17. The smallest absolute Gasteiger partial charge is 0.341 e. The summed E-state index contributed by atoms with van der Waals surface area (Å²) < 4.78 is 11.0. The summed E-state index contributed by atoms with van der Waals surface area (Å²) >= 11 is 0. The Kier molecular flexibility index (Phi) is 4.42.